The van der Waals surface area contributed by atoms with E-state index in [2.05, 4.69) is 4.74 Å². The van der Waals surface area contributed by atoms with Gasteiger partial charge >= 0.3 is 12.3 Å². The van der Waals surface area contributed by atoms with Crippen LogP contribution in [-0.4, -0.2) is 41.3 Å². The highest BCUT2D eigenvalue weighted by Gasteiger charge is 2.31. The van der Waals surface area contributed by atoms with E-state index in [1.807, 2.05) is 0 Å². The van der Waals surface area contributed by atoms with E-state index in [-0.39, 0.29) is 12.1 Å². The number of carboxylic acid groups (broad SMARTS) is 1. The van der Waals surface area contributed by atoms with E-state index in [0.717, 1.165) is 29.2 Å². The van der Waals surface area contributed by atoms with E-state index in [1.165, 1.54) is 0 Å². The van der Waals surface area contributed by atoms with Gasteiger partial charge in [0.15, 0.2) is 0 Å². The van der Waals surface area contributed by atoms with Gasteiger partial charge < -0.3 is 14.7 Å². The van der Waals surface area contributed by atoms with Crippen LogP contribution in [0, 0.1) is 0 Å². The summed E-state index contributed by atoms with van der Waals surface area (Å²) < 4.78 is 39.6. The highest BCUT2D eigenvalue weighted by Crippen LogP contribution is 2.23. The summed E-state index contributed by atoms with van der Waals surface area (Å²) in [6, 6.07) is 4.28. The van der Waals surface area contributed by atoms with Crippen molar-refractivity contribution < 1.29 is 32.6 Å². The SMILES string of the molecule is CCN(CC(=O)O)C(=O)c1ccc(OC(F)(F)F)cc1. The monoisotopic (exact) mass is 291 g/mol. The number of halogens is 3. The fourth-order valence-electron chi connectivity index (χ4n) is 1.47. The van der Waals surface area contributed by atoms with Gasteiger partial charge in [0.05, 0.1) is 0 Å². The number of aliphatic carboxylic acids is 1. The first-order valence-corrected chi connectivity index (χ1v) is 5.60. The van der Waals surface area contributed by atoms with Crippen molar-refractivity contribution in [3.05, 3.63) is 29.8 Å². The molecule has 0 saturated carbocycles. The number of likely N-dealkylation sites (N-methyl/N-ethyl adjacent to an activating group) is 1. The molecule has 1 aromatic carbocycles. The second kappa shape index (κ2) is 6.27. The lowest BCUT2D eigenvalue weighted by atomic mass is 10.2. The van der Waals surface area contributed by atoms with Crippen LogP contribution in [0.2, 0.25) is 0 Å². The van der Waals surface area contributed by atoms with Crippen molar-refractivity contribution in [2.24, 2.45) is 0 Å². The first-order chi connectivity index (χ1) is 9.23. The third-order valence-electron chi connectivity index (χ3n) is 2.33. The van der Waals surface area contributed by atoms with Gasteiger partial charge in [-0.3, -0.25) is 9.59 Å². The lowest BCUT2D eigenvalue weighted by molar-refractivity contribution is -0.274. The number of carboxylic acids is 1. The average molecular weight is 291 g/mol. The van der Waals surface area contributed by atoms with Gasteiger partial charge in [-0.05, 0) is 31.2 Å². The number of carbonyl (C=O) groups is 2. The predicted molar refractivity (Wildman–Crippen MR) is 62.3 cm³/mol. The van der Waals surface area contributed by atoms with E-state index in [9.17, 15) is 22.8 Å². The molecule has 0 saturated heterocycles. The number of carbonyl (C=O) groups excluding carboxylic acids is 1. The van der Waals surface area contributed by atoms with Gasteiger partial charge in [0.25, 0.3) is 5.91 Å². The zero-order valence-electron chi connectivity index (χ0n) is 10.5. The Morgan fingerprint density at radius 1 is 1.25 bits per heavy atom. The number of benzene rings is 1. The van der Waals surface area contributed by atoms with Crippen molar-refractivity contribution in [3.63, 3.8) is 0 Å². The molecule has 0 aliphatic rings. The summed E-state index contributed by atoms with van der Waals surface area (Å²) in [5.74, 6) is -2.19. The predicted octanol–water partition coefficient (Wildman–Crippen LogP) is 2.13. The van der Waals surface area contributed by atoms with Crippen LogP contribution >= 0.6 is 0 Å². The molecule has 20 heavy (non-hydrogen) atoms. The third kappa shape index (κ3) is 4.79. The zero-order chi connectivity index (χ0) is 15.3. The second-order valence-corrected chi connectivity index (χ2v) is 3.79. The summed E-state index contributed by atoms with van der Waals surface area (Å²) in [5, 5.41) is 8.64. The molecule has 1 amide bonds. The van der Waals surface area contributed by atoms with Crippen molar-refractivity contribution in [2.75, 3.05) is 13.1 Å². The molecule has 0 spiro atoms. The quantitative estimate of drug-likeness (QED) is 0.902. The number of hydrogen-bond donors (Lipinski definition) is 1. The van der Waals surface area contributed by atoms with E-state index < -0.39 is 30.5 Å². The zero-order valence-corrected chi connectivity index (χ0v) is 10.5. The molecule has 0 atom stereocenters. The molecule has 0 aliphatic carbocycles. The summed E-state index contributed by atoms with van der Waals surface area (Å²) in [6.07, 6.45) is -4.80. The first-order valence-electron chi connectivity index (χ1n) is 5.60. The second-order valence-electron chi connectivity index (χ2n) is 3.79. The molecule has 110 valence electrons. The molecule has 1 aromatic rings. The van der Waals surface area contributed by atoms with Crippen LogP contribution in [0.3, 0.4) is 0 Å². The summed E-state index contributed by atoms with van der Waals surface area (Å²) >= 11 is 0. The Kier molecular flexibility index (Phi) is 4.95. The van der Waals surface area contributed by atoms with Gasteiger partial charge in [-0.25, -0.2) is 0 Å². The van der Waals surface area contributed by atoms with Gasteiger partial charge in [-0.15, -0.1) is 13.2 Å². The minimum atomic E-state index is -4.80. The normalized spacial score (nSPS) is 11.0. The van der Waals surface area contributed by atoms with E-state index in [4.69, 9.17) is 5.11 Å². The van der Waals surface area contributed by atoms with Crippen LogP contribution < -0.4 is 4.74 Å². The maximum atomic E-state index is 12.0. The minimum Gasteiger partial charge on any atom is -0.480 e. The molecule has 1 rings (SSSR count). The Balaban J connectivity index is 2.81. The number of alkyl halides is 3. The van der Waals surface area contributed by atoms with Gasteiger partial charge in [-0.1, -0.05) is 0 Å². The summed E-state index contributed by atoms with van der Waals surface area (Å²) in [4.78, 5) is 23.5. The van der Waals surface area contributed by atoms with Crippen molar-refractivity contribution in [3.8, 4) is 5.75 Å². The molecule has 5 nitrogen and oxygen atoms in total. The Bertz CT molecular complexity index is 484. The van der Waals surface area contributed by atoms with Crippen LogP contribution in [0.1, 0.15) is 17.3 Å². The van der Waals surface area contributed by atoms with E-state index >= 15 is 0 Å². The Hall–Kier alpha value is -2.25. The summed E-state index contributed by atoms with van der Waals surface area (Å²) in [7, 11) is 0. The molecular formula is C12H12F3NO4. The molecule has 8 heteroatoms. The fourth-order valence-corrected chi connectivity index (χ4v) is 1.47. The Labute approximate surface area is 112 Å². The molecule has 0 radical (unpaired) electrons. The molecule has 0 heterocycles. The van der Waals surface area contributed by atoms with Gasteiger partial charge in [0, 0.05) is 12.1 Å². The Morgan fingerprint density at radius 3 is 2.20 bits per heavy atom. The van der Waals surface area contributed by atoms with Crippen LogP contribution in [-0.2, 0) is 4.79 Å². The fraction of sp³-hybridized carbons (Fsp3) is 0.333. The van der Waals surface area contributed by atoms with Gasteiger partial charge in [0.2, 0.25) is 0 Å². The van der Waals surface area contributed by atoms with Gasteiger partial charge in [0.1, 0.15) is 12.3 Å². The number of amides is 1. The average Bonchev–Trinajstić information content (AvgIpc) is 2.34. The molecule has 0 fully saturated rings. The molecular weight excluding hydrogens is 279 g/mol. The largest absolute Gasteiger partial charge is 0.573 e. The maximum absolute atomic E-state index is 12.0. The van der Waals surface area contributed by atoms with Gasteiger partial charge in [-0.2, -0.15) is 0 Å². The highest BCUT2D eigenvalue weighted by molar-refractivity contribution is 5.95. The van der Waals surface area contributed by atoms with E-state index in [0.29, 0.717) is 0 Å². The lowest BCUT2D eigenvalue weighted by Gasteiger charge is -2.18. The van der Waals surface area contributed by atoms with E-state index in [1.54, 1.807) is 6.92 Å². The standard InChI is InChI=1S/C12H12F3NO4/c1-2-16(7-10(17)18)11(19)8-3-5-9(6-4-8)20-12(13,14)15/h3-6H,2,7H2,1H3,(H,17,18). The maximum Gasteiger partial charge on any atom is 0.573 e. The molecule has 0 aliphatic heterocycles. The summed E-state index contributed by atoms with van der Waals surface area (Å²) in [6.45, 7) is 1.30. The van der Waals surface area contributed by atoms with Crippen LogP contribution in [0.5, 0.6) is 5.75 Å². The van der Waals surface area contributed by atoms with Crippen LogP contribution in [0.15, 0.2) is 24.3 Å². The number of ether oxygens (including phenoxy) is 1. The molecule has 0 aromatic heterocycles. The summed E-state index contributed by atoms with van der Waals surface area (Å²) in [5.41, 5.74) is 0.0858. The number of hydrogen-bond acceptors (Lipinski definition) is 3. The third-order valence-corrected chi connectivity index (χ3v) is 2.33. The molecule has 1 N–H and O–H groups in total. The first kappa shape index (κ1) is 15.8. The van der Waals surface area contributed by atoms with Crippen LogP contribution in [0.25, 0.3) is 0 Å². The number of rotatable bonds is 5. The molecule has 0 unspecified atom stereocenters. The Morgan fingerprint density at radius 2 is 1.80 bits per heavy atom. The van der Waals surface area contributed by atoms with Crippen molar-refractivity contribution in [1.82, 2.24) is 4.90 Å². The van der Waals surface area contributed by atoms with Crippen molar-refractivity contribution >= 4 is 11.9 Å². The smallest absolute Gasteiger partial charge is 0.480 e. The number of nitrogens with zero attached hydrogens (tertiary/aromatic N) is 1. The van der Waals surface area contributed by atoms with Crippen molar-refractivity contribution in [2.45, 2.75) is 13.3 Å². The minimum absolute atomic E-state index is 0.0858. The topological polar surface area (TPSA) is 66.8 Å². The molecule has 0 bridgehead atoms. The van der Waals surface area contributed by atoms with Crippen LogP contribution in [0.4, 0.5) is 13.2 Å². The lowest BCUT2D eigenvalue weighted by Crippen LogP contribution is -2.35. The van der Waals surface area contributed by atoms with Crippen molar-refractivity contribution in [1.29, 1.82) is 0 Å². The highest BCUT2D eigenvalue weighted by atomic mass is 19.4.